The molecule has 2 atom stereocenters. The van der Waals surface area contributed by atoms with Crippen molar-refractivity contribution in [3.63, 3.8) is 0 Å². The van der Waals surface area contributed by atoms with Crippen LogP contribution in [0.1, 0.15) is 27.7 Å². The van der Waals surface area contributed by atoms with Crippen molar-refractivity contribution in [3.8, 4) is 0 Å². The van der Waals surface area contributed by atoms with Crippen LogP contribution in [0, 0.1) is 5.41 Å². The van der Waals surface area contributed by atoms with Crippen LogP contribution in [0.3, 0.4) is 0 Å². The van der Waals surface area contributed by atoms with Crippen LogP contribution in [0.4, 0.5) is 0 Å². The van der Waals surface area contributed by atoms with E-state index in [4.69, 9.17) is 0 Å². The average Bonchev–Trinajstić information content (AvgIpc) is 1.84. The second-order valence-electron chi connectivity index (χ2n) is 4.50. The molecular weight excluding hydrogens is 170 g/mol. The first kappa shape index (κ1) is 12.1. The number of rotatable bonds is 4. The maximum absolute atomic E-state index is 11.0. The Morgan fingerprint density at radius 3 is 2.25 bits per heavy atom. The molecular formula is C9H21NOS. The maximum atomic E-state index is 11.0. The molecule has 0 aromatic carbocycles. The van der Waals surface area contributed by atoms with Crippen LogP contribution >= 0.6 is 0 Å². The highest BCUT2D eigenvalue weighted by Gasteiger charge is 2.11. The molecule has 0 saturated heterocycles. The lowest BCUT2D eigenvalue weighted by Crippen LogP contribution is -2.33. The van der Waals surface area contributed by atoms with Gasteiger partial charge in [0, 0.05) is 35.4 Å². The molecule has 1 N–H and O–H groups in total. The fraction of sp³-hybridized carbons (Fsp3) is 1.00. The van der Waals surface area contributed by atoms with E-state index >= 15 is 0 Å². The van der Waals surface area contributed by atoms with E-state index in [1.807, 2.05) is 6.92 Å². The molecule has 0 heterocycles. The first-order valence-electron chi connectivity index (χ1n) is 4.36. The van der Waals surface area contributed by atoms with Gasteiger partial charge in [-0.25, -0.2) is 0 Å². The molecule has 0 amide bonds. The minimum Gasteiger partial charge on any atom is -0.315 e. The molecule has 2 nitrogen and oxygen atoms in total. The van der Waals surface area contributed by atoms with E-state index in [1.165, 1.54) is 0 Å². The molecule has 0 rings (SSSR count). The van der Waals surface area contributed by atoms with Crippen molar-refractivity contribution in [2.75, 3.05) is 19.3 Å². The Morgan fingerprint density at radius 2 is 1.92 bits per heavy atom. The maximum Gasteiger partial charge on any atom is 0.0441 e. The zero-order chi connectivity index (χ0) is 9.78. The molecule has 3 heteroatoms. The third-order valence-electron chi connectivity index (χ3n) is 1.65. The zero-order valence-corrected chi connectivity index (χ0v) is 9.62. The van der Waals surface area contributed by atoms with Crippen LogP contribution < -0.4 is 5.32 Å². The average molecular weight is 191 g/mol. The molecule has 2 unspecified atom stereocenters. The van der Waals surface area contributed by atoms with Crippen LogP contribution in [0.2, 0.25) is 0 Å². The Balaban J connectivity index is 3.51. The molecule has 0 bridgehead atoms. The van der Waals surface area contributed by atoms with Gasteiger partial charge in [0.25, 0.3) is 0 Å². The van der Waals surface area contributed by atoms with Crippen molar-refractivity contribution >= 4 is 10.8 Å². The molecule has 74 valence electrons. The molecule has 0 aromatic heterocycles. The van der Waals surface area contributed by atoms with Crippen LogP contribution in [0.25, 0.3) is 0 Å². The number of nitrogens with one attached hydrogen (secondary N) is 1. The number of hydrogen-bond donors (Lipinski definition) is 1. The summed E-state index contributed by atoms with van der Waals surface area (Å²) in [5.41, 5.74) is 0.314. The molecule has 0 spiro atoms. The molecule has 0 aromatic rings. The van der Waals surface area contributed by atoms with Gasteiger partial charge >= 0.3 is 0 Å². The smallest absolute Gasteiger partial charge is 0.0441 e. The summed E-state index contributed by atoms with van der Waals surface area (Å²) >= 11 is 0. The lowest BCUT2D eigenvalue weighted by molar-refractivity contribution is 0.381. The van der Waals surface area contributed by atoms with Crippen molar-refractivity contribution in [1.29, 1.82) is 0 Å². The van der Waals surface area contributed by atoms with Gasteiger partial charge in [0.1, 0.15) is 0 Å². The van der Waals surface area contributed by atoms with Crippen molar-refractivity contribution < 1.29 is 4.21 Å². The highest BCUT2D eigenvalue weighted by atomic mass is 32.2. The largest absolute Gasteiger partial charge is 0.315 e. The Hall–Kier alpha value is 0.110. The minimum absolute atomic E-state index is 0.257. The van der Waals surface area contributed by atoms with E-state index in [0.717, 1.165) is 13.1 Å². The minimum atomic E-state index is -0.701. The van der Waals surface area contributed by atoms with Gasteiger partial charge in [-0.2, -0.15) is 0 Å². The summed E-state index contributed by atoms with van der Waals surface area (Å²) in [6, 6.07) is 0. The summed E-state index contributed by atoms with van der Waals surface area (Å²) in [6.45, 7) is 10.4. The Kier molecular flexibility index (Phi) is 5.02. The van der Waals surface area contributed by atoms with Gasteiger partial charge in [0.05, 0.1) is 0 Å². The lowest BCUT2D eigenvalue weighted by atomic mass is 9.97. The van der Waals surface area contributed by atoms with Crippen LogP contribution in [0.15, 0.2) is 0 Å². The second-order valence-corrected chi connectivity index (χ2v) is 6.30. The van der Waals surface area contributed by atoms with Crippen molar-refractivity contribution in [3.05, 3.63) is 0 Å². The van der Waals surface area contributed by atoms with E-state index in [1.54, 1.807) is 6.26 Å². The summed E-state index contributed by atoms with van der Waals surface area (Å²) in [6.07, 6.45) is 1.75. The SMILES string of the molecule is CC(CNCC(C)(C)C)S(C)=O. The Labute approximate surface area is 78.6 Å². The predicted molar refractivity (Wildman–Crippen MR) is 55.9 cm³/mol. The van der Waals surface area contributed by atoms with Crippen LogP contribution in [-0.4, -0.2) is 28.8 Å². The molecule has 0 fully saturated rings. The second kappa shape index (κ2) is 4.97. The fourth-order valence-corrected chi connectivity index (χ4v) is 1.12. The standard InChI is InChI=1S/C9H21NOS/c1-8(12(5)11)6-10-7-9(2,3)4/h8,10H,6-7H2,1-5H3. The Morgan fingerprint density at radius 1 is 1.42 bits per heavy atom. The first-order valence-corrected chi connectivity index (χ1v) is 5.98. The molecule has 0 saturated carbocycles. The third kappa shape index (κ3) is 6.80. The summed E-state index contributed by atoms with van der Waals surface area (Å²) < 4.78 is 11.0. The van der Waals surface area contributed by atoms with E-state index in [2.05, 4.69) is 26.1 Å². The molecule has 12 heavy (non-hydrogen) atoms. The molecule has 0 aliphatic carbocycles. The monoisotopic (exact) mass is 191 g/mol. The van der Waals surface area contributed by atoms with Gasteiger partial charge in [-0.3, -0.25) is 4.21 Å². The van der Waals surface area contributed by atoms with Crippen molar-refractivity contribution in [1.82, 2.24) is 5.32 Å². The van der Waals surface area contributed by atoms with E-state index in [-0.39, 0.29) is 5.25 Å². The van der Waals surface area contributed by atoms with Gasteiger partial charge in [-0.05, 0) is 12.3 Å². The van der Waals surface area contributed by atoms with Crippen LogP contribution in [-0.2, 0) is 10.8 Å². The highest BCUT2D eigenvalue weighted by molar-refractivity contribution is 7.84. The summed E-state index contributed by atoms with van der Waals surface area (Å²) in [7, 11) is -0.701. The van der Waals surface area contributed by atoms with Gasteiger partial charge in [-0.15, -0.1) is 0 Å². The molecule has 0 radical (unpaired) electrons. The topological polar surface area (TPSA) is 29.1 Å². The molecule has 0 aliphatic rings. The van der Waals surface area contributed by atoms with Gasteiger partial charge in [0.2, 0.25) is 0 Å². The fourth-order valence-electron chi connectivity index (χ4n) is 0.768. The summed E-state index contributed by atoms with van der Waals surface area (Å²) in [4.78, 5) is 0. The van der Waals surface area contributed by atoms with Crippen molar-refractivity contribution in [2.45, 2.75) is 32.9 Å². The van der Waals surface area contributed by atoms with Gasteiger partial charge < -0.3 is 5.32 Å². The van der Waals surface area contributed by atoms with E-state index in [9.17, 15) is 4.21 Å². The zero-order valence-electron chi connectivity index (χ0n) is 8.81. The first-order chi connectivity index (χ1) is 5.33. The summed E-state index contributed by atoms with van der Waals surface area (Å²) in [5.74, 6) is 0. The summed E-state index contributed by atoms with van der Waals surface area (Å²) in [5, 5.41) is 3.57. The van der Waals surface area contributed by atoms with Crippen molar-refractivity contribution in [2.24, 2.45) is 5.41 Å². The third-order valence-corrected chi connectivity index (χ3v) is 2.95. The van der Waals surface area contributed by atoms with Gasteiger partial charge in [-0.1, -0.05) is 20.8 Å². The lowest BCUT2D eigenvalue weighted by Gasteiger charge is -2.20. The predicted octanol–water partition coefficient (Wildman–Crippen LogP) is 1.39. The highest BCUT2D eigenvalue weighted by Crippen LogP contribution is 2.10. The quantitative estimate of drug-likeness (QED) is 0.727. The van der Waals surface area contributed by atoms with Crippen LogP contribution in [0.5, 0.6) is 0 Å². The normalized spacial score (nSPS) is 17.4. The molecule has 0 aliphatic heterocycles. The Bertz CT molecular complexity index is 151. The van der Waals surface area contributed by atoms with E-state index in [0.29, 0.717) is 5.41 Å². The number of hydrogen-bond acceptors (Lipinski definition) is 2. The van der Waals surface area contributed by atoms with E-state index < -0.39 is 10.8 Å². The van der Waals surface area contributed by atoms with Gasteiger partial charge in [0.15, 0.2) is 0 Å².